The molecule has 3 heterocycles. The van der Waals surface area contributed by atoms with Gasteiger partial charge in [-0.3, -0.25) is 13.5 Å². The number of halogens is 1. The summed E-state index contributed by atoms with van der Waals surface area (Å²) in [5, 5.41) is 20.7. The Morgan fingerprint density at radius 1 is 1.29 bits per heavy atom. The van der Waals surface area contributed by atoms with E-state index < -0.39 is 59.6 Å². The van der Waals surface area contributed by atoms with Crippen LogP contribution in [0.2, 0.25) is 5.28 Å². The number of methoxy groups -OCH3 is 2. The van der Waals surface area contributed by atoms with Gasteiger partial charge < -0.3 is 30.2 Å². The number of aromatic nitrogens is 4. The smallest absolute Gasteiger partial charge is 0.362 e. The van der Waals surface area contributed by atoms with Crippen LogP contribution in [0.5, 0.6) is 0 Å². The summed E-state index contributed by atoms with van der Waals surface area (Å²) in [5.74, 6) is -1.16. The third-order valence-corrected chi connectivity index (χ3v) is 6.45. The summed E-state index contributed by atoms with van der Waals surface area (Å²) < 4.78 is 48.4. The molecular weight excluding hydrogens is 512 g/mol. The van der Waals surface area contributed by atoms with Crippen molar-refractivity contribution in [2.24, 2.45) is 5.92 Å². The number of nitrogens with zero attached hydrogens (tertiary/aromatic N) is 4. The van der Waals surface area contributed by atoms with Gasteiger partial charge in [-0.15, -0.1) is 0 Å². The summed E-state index contributed by atoms with van der Waals surface area (Å²) in [6.07, 6.45) is -6.29. The monoisotopic (exact) mass is 538 g/mol. The standard InChI is InChI=1S/C18H27ClN6O9S/c1-7(2)12(31-3)13(32-4)16(28)24-35(29,30)33-5-8-10(26)11(27)17(34-8)25-6-21-9-14(20)22-18(19)23-15(9)25/h6-8,10-13,17,26-27H,5H2,1-4H3,(H,24,28)(H2,20,22,23)/t8-,10-,11-,12-,13+,17-/m1/s1. The molecule has 196 valence electrons. The largest absolute Gasteiger partial charge is 0.387 e. The van der Waals surface area contributed by atoms with Gasteiger partial charge in [0.25, 0.3) is 5.91 Å². The number of nitrogens with one attached hydrogen (secondary N) is 1. The molecule has 35 heavy (non-hydrogen) atoms. The first-order valence-corrected chi connectivity index (χ1v) is 12.1. The van der Waals surface area contributed by atoms with Crippen LogP contribution in [0.4, 0.5) is 5.82 Å². The number of carbonyl (C=O) groups is 1. The molecular formula is C18H27ClN6O9S. The van der Waals surface area contributed by atoms with Crippen molar-refractivity contribution >= 4 is 44.8 Å². The van der Waals surface area contributed by atoms with E-state index in [9.17, 15) is 23.4 Å². The first-order chi connectivity index (χ1) is 16.4. The molecule has 2 aromatic heterocycles. The molecule has 15 nitrogen and oxygen atoms in total. The fourth-order valence-electron chi connectivity index (χ4n) is 3.70. The van der Waals surface area contributed by atoms with E-state index in [1.165, 1.54) is 25.1 Å². The molecule has 1 fully saturated rings. The molecule has 0 spiro atoms. The Bertz CT molecular complexity index is 1160. The topological polar surface area (TPSA) is 210 Å². The van der Waals surface area contributed by atoms with Crippen LogP contribution in [0.1, 0.15) is 20.1 Å². The molecule has 5 N–H and O–H groups in total. The second-order valence-electron chi connectivity index (χ2n) is 8.05. The van der Waals surface area contributed by atoms with Crippen LogP contribution in [-0.4, -0.2) is 95.4 Å². The molecule has 0 bridgehead atoms. The summed E-state index contributed by atoms with van der Waals surface area (Å²) in [7, 11) is -2.02. The van der Waals surface area contributed by atoms with Crippen molar-refractivity contribution in [1.29, 1.82) is 0 Å². The SMILES string of the molecule is CO[C@H](C(=O)NS(=O)(=O)OC[C@H]1O[C@@H](n2cnc3c(N)nc(Cl)nc32)[C@H](O)[C@@H]1O)[C@H](OC)C(C)C. The van der Waals surface area contributed by atoms with Gasteiger partial charge in [0, 0.05) is 14.2 Å². The number of rotatable bonds is 10. The molecule has 0 aliphatic carbocycles. The quantitative estimate of drug-likeness (QED) is 0.260. The van der Waals surface area contributed by atoms with Crippen LogP contribution in [-0.2, 0) is 33.5 Å². The summed E-state index contributed by atoms with van der Waals surface area (Å²) in [5.41, 5.74) is 6.08. The van der Waals surface area contributed by atoms with Crippen molar-refractivity contribution in [3.8, 4) is 0 Å². The highest BCUT2D eigenvalue weighted by Gasteiger charge is 2.45. The average molecular weight is 539 g/mol. The number of hydrogen-bond donors (Lipinski definition) is 4. The van der Waals surface area contributed by atoms with Crippen LogP contribution in [0.25, 0.3) is 11.2 Å². The third-order valence-electron chi connectivity index (χ3n) is 5.39. The maximum Gasteiger partial charge on any atom is 0.362 e. The van der Waals surface area contributed by atoms with Gasteiger partial charge in [0.05, 0.1) is 19.0 Å². The van der Waals surface area contributed by atoms with Crippen LogP contribution >= 0.6 is 11.6 Å². The molecule has 1 aliphatic heterocycles. The van der Waals surface area contributed by atoms with Gasteiger partial charge in [-0.25, -0.2) is 9.71 Å². The number of imidazole rings is 1. The number of nitrogens with two attached hydrogens (primary N) is 1. The number of aliphatic hydroxyl groups is 2. The molecule has 0 saturated carbocycles. The van der Waals surface area contributed by atoms with Gasteiger partial charge in [-0.05, 0) is 17.5 Å². The van der Waals surface area contributed by atoms with Gasteiger partial charge in [0.2, 0.25) is 5.28 Å². The van der Waals surface area contributed by atoms with Crippen molar-refractivity contribution in [3.05, 3.63) is 11.6 Å². The predicted molar refractivity (Wildman–Crippen MR) is 120 cm³/mol. The van der Waals surface area contributed by atoms with E-state index in [-0.39, 0.29) is 28.2 Å². The predicted octanol–water partition coefficient (Wildman–Crippen LogP) is -1.26. The fraction of sp³-hybridized carbons (Fsp3) is 0.667. The number of hydrogen-bond acceptors (Lipinski definition) is 13. The van der Waals surface area contributed by atoms with E-state index in [1.54, 1.807) is 18.6 Å². The van der Waals surface area contributed by atoms with Crippen LogP contribution in [0.3, 0.4) is 0 Å². The number of anilines is 1. The van der Waals surface area contributed by atoms with E-state index in [0.29, 0.717) is 0 Å². The number of carbonyl (C=O) groups excluding carboxylic acids is 1. The summed E-state index contributed by atoms with van der Waals surface area (Å²) in [6, 6.07) is 0. The Labute approximate surface area is 205 Å². The lowest BCUT2D eigenvalue weighted by Crippen LogP contribution is -2.48. The molecule has 1 aliphatic rings. The van der Waals surface area contributed by atoms with Gasteiger partial charge >= 0.3 is 10.3 Å². The molecule has 1 amide bonds. The van der Waals surface area contributed by atoms with Crippen molar-refractivity contribution in [2.45, 2.75) is 50.6 Å². The Balaban J connectivity index is 1.69. The Kier molecular flexibility index (Phi) is 8.48. The normalized spacial score (nSPS) is 24.7. The van der Waals surface area contributed by atoms with Gasteiger partial charge in [-0.2, -0.15) is 18.4 Å². The van der Waals surface area contributed by atoms with Gasteiger partial charge in [-0.1, -0.05) is 13.8 Å². The lowest BCUT2D eigenvalue weighted by atomic mass is 10.0. The maximum atomic E-state index is 12.5. The maximum absolute atomic E-state index is 12.5. The number of ether oxygens (including phenoxy) is 3. The van der Waals surface area contributed by atoms with Crippen LogP contribution in [0.15, 0.2) is 6.33 Å². The number of fused-ring (bicyclic) bond motifs is 1. The Morgan fingerprint density at radius 2 is 1.97 bits per heavy atom. The summed E-state index contributed by atoms with van der Waals surface area (Å²) in [4.78, 5) is 24.3. The minimum Gasteiger partial charge on any atom is -0.387 e. The van der Waals surface area contributed by atoms with Crippen LogP contribution < -0.4 is 10.5 Å². The molecule has 2 aromatic rings. The van der Waals surface area contributed by atoms with Gasteiger partial charge in [0.1, 0.15) is 23.8 Å². The minimum atomic E-state index is -4.63. The Hall–Kier alpha value is -2.18. The van der Waals surface area contributed by atoms with Crippen molar-refractivity contribution in [1.82, 2.24) is 24.2 Å². The second-order valence-corrected chi connectivity index (χ2v) is 9.74. The van der Waals surface area contributed by atoms with E-state index in [2.05, 4.69) is 15.0 Å². The molecule has 0 radical (unpaired) electrons. The second kappa shape index (κ2) is 10.8. The lowest BCUT2D eigenvalue weighted by Gasteiger charge is -2.26. The van der Waals surface area contributed by atoms with Crippen LogP contribution in [0, 0.1) is 5.92 Å². The number of aliphatic hydroxyl groups excluding tert-OH is 2. The molecule has 0 aromatic carbocycles. The van der Waals surface area contributed by atoms with E-state index >= 15 is 0 Å². The summed E-state index contributed by atoms with van der Waals surface area (Å²) in [6.45, 7) is 2.82. The highest BCUT2D eigenvalue weighted by molar-refractivity contribution is 7.85. The van der Waals surface area contributed by atoms with Crippen molar-refractivity contribution < 1.29 is 41.8 Å². The first-order valence-electron chi connectivity index (χ1n) is 10.3. The fourth-order valence-corrected chi connectivity index (χ4v) is 4.60. The van der Waals surface area contributed by atoms with E-state index in [0.717, 1.165) is 0 Å². The highest BCUT2D eigenvalue weighted by Crippen LogP contribution is 2.32. The van der Waals surface area contributed by atoms with E-state index in [4.69, 9.17) is 35.7 Å². The first kappa shape index (κ1) is 27.4. The third kappa shape index (κ3) is 5.80. The highest BCUT2D eigenvalue weighted by atomic mass is 35.5. The number of nitrogen functional groups attached to an aromatic ring is 1. The Morgan fingerprint density at radius 3 is 2.57 bits per heavy atom. The summed E-state index contributed by atoms with van der Waals surface area (Å²) >= 11 is 5.84. The average Bonchev–Trinajstić information content (AvgIpc) is 3.31. The van der Waals surface area contributed by atoms with Crippen molar-refractivity contribution in [2.75, 3.05) is 26.6 Å². The zero-order chi connectivity index (χ0) is 26.1. The number of amides is 1. The minimum absolute atomic E-state index is 0.00366. The molecule has 17 heteroatoms. The zero-order valence-electron chi connectivity index (χ0n) is 19.2. The van der Waals surface area contributed by atoms with Crippen molar-refractivity contribution in [3.63, 3.8) is 0 Å². The molecule has 3 rings (SSSR count). The lowest BCUT2D eigenvalue weighted by molar-refractivity contribution is -0.140. The zero-order valence-corrected chi connectivity index (χ0v) is 20.8. The molecule has 0 unspecified atom stereocenters. The van der Waals surface area contributed by atoms with E-state index in [1.807, 2.05) is 0 Å². The molecule has 1 saturated heterocycles. The molecule has 6 atom stereocenters. The van der Waals surface area contributed by atoms with Gasteiger partial charge in [0.15, 0.2) is 23.8 Å².